The van der Waals surface area contributed by atoms with E-state index in [0.29, 0.717) is 17.7 Å². The zero-order valence-electron chi connectivity index (χ0n) is 12.5. The molecule has 0 saturated heterocycles. The maximum atomic E-state index is 12.1. The number of carbonyl (C=O) groups is 2. The molecule has 0 spiro atoms. The van der Waals surface area contributed by atoms with Crippen LogP contribution in [0.15, 0.2) is 24.3 Å². The van der Waals surface area contributed by atoms with Crippen LogP contribution in [0.5, 0.6) is 0 Å². The molecule has 0 fully saturated rings. The van der Waals surface area contributed by atoms with E-state index in [4.69, 9.17) is 5.73 Å². The quantitative estimate of drug-likeness (QED) is 0.716. The molecule has 0 aliphatic heterocycles. The summed E-state index contributed by atoms with van der Waals surface area (Å²) in [5, 5.41) is 5.44. The summed E-state index contributed by atoms with van der Waals surface area (Å²) in [6.45, 7) is 2.52. The van der Waals surface area contributed by atoms with Crippen molar-refractivity contribution in [2.24, 2.45) is 5.73 Å². The van der Waals surface area contributed by atoms with Crippen molar-refractivity contribution in [3.05, 3.63) is 35.4 Å². The van der Waals surface area contributed by atoms with Gasteiger partial charge in [-0.1, -0.05) is 25.8 Å². The second-order valence-electron chi connectivity index (χ2n) is 4.71. The zero-order valence-corrected chi connectivity index (χ0v) is 13.3. The minimum absolute atomic E-state index is 0. The van der Waals surface area contributed by atoms with Crippen molar-refractivity contribution in [3.8, 4) is 0 Å². The van der Waals surface area contributed by atoms with E-state index >= 15 is 0 Å². The van der Waals surface area contributed by atoms with Gasteiger partial charge in [-0.25, -0.2) is 0 Å². The minimum atomic E-state index is -0.207. The van der Waals surface area contributed by atoms with E-state index < -0.39 is 0 Å². The number of rotatable bonds is 7. The summed E-state index contributed by atoms with van der Waals surface area (Å²) in [6.07, 6.45) is 2.97. The number of benzene rings is 1. The van der Waals surface area contributed by atoms with Crippen molar-refractivity contribution in [1.82, 2.24) is 10.6 Å². The van der Waals surface area contributed by atoms with Crippen molar-refractivity contribution in [2.75, 3.05) is 13.6 Å². The van der Waals surface area contributed by atoms with Crippen LogP contribution in [-0.2, 0) is 0 Å². The van der Waals surface area contributed by atoms with Crippen LogP contribution < -0.4 is 16.4 Å². The van der Waals surface area contributed by atoms with E-state index in [-0.39, 0.29) is 30.3 Å². The van der Waals surface area contributed by atoms with Crippen LogP contribution in [0.4, 0.5) is 0 Å². The number of nitrogens with two attached hydrogens (primary N) is 1. The lowest BCUT2D eigenvalue weighted by molar-refractivity contribution is 0.0935. The van der Waals surface area contributed by atoms with Crippen molar-refractivity contribution < 1.29 is 9.59 Å². The number of carbonyl (C=O) groups excluding carboxylic acids is 2. The highest BCUT2D eigenvalue weighted by Crippen LogP contribution is 2.07. The fraction of sp³-hybridized carbons (Fsp3) is 0.467. The number of hydrogen-bond acceptors (Lipinski definition) is 3. The molecule has 1 aromatic rings. The van der Waals surface area contributed by atoms with Crippen molar-refractivity contribution in [2.45, 2.75) is 32.2 Å². The molecule has 4 N–H and O–H groups in total. The van der Waals surface area contributed by atoms with Gasteiger partial charge >= 0.3 is 0 Å². The first-order valence-electron chi connectivity index (χ1n) is 6.95. The lowest BCUT2D eigenvalue weighted by atomic mass is 10.1. The molecule has 118 valence electrons. The van der Waals surface area contributed by atoms with E-state index in [1.54, 1.807) is 31.3 Å². The maximum absolute atomic E-state index is 12.1. The Morgan fingerprint density at radius 3 is 2.38 bits per heavy atom. The Balaban J connectivity index is 0.00000400. The Bertz CT molecular complexity index is 466. The van der Waals surface area contributed by atoms with Crippen molar-refractivity contribution in [3.63, 3.8) is 0 Å². The van der Waals surface area contributed by atoms with E-state index in [9.17, 15) is 9.59 Å². The van der Waals surface area contributed by atoms with Gasteiger partial charge in [-0.3, -0.25) is 9.59 Å². The molecule has 0 aliphatic rings. The van der Waals surface area contributed by atoms with Gasteiger partial charge in [-0.2, -0.15) is 0 Å². The standard InChI is InChI=1S/C15H23N3O2.ClH/c1-3-4-8-13(10-16)18-15(20)12-7-5-6-11(9-12)14(19)17-2;/h5-7,9,13H,3-4,8,10,16H2,1-2H3,(H,17,19)(H,18,20);1H. The number of nitrogens with one attached hydrogen (secondary N) is 2. The molecule has 0 heterocycles. The van der Waals surface area contributed by atoms with Gasteiger partial charge in [-0.15, -0.1) is 12.4 Å². The van der Waals surface area contributed by atoms with Crippen LogP contribution in [0.3, 0.4) is 0 Å². The van der Waals surface area contributed by atoms with Gasteiger partial charge in [0.15, 0.2) is 0 Å². The average Bonchev–Trinajstić information content (AvgIpc) is 2.50. The molecule has 1 rings (SSSR count). The predicted molar refractivity (Wildman–Crippen MR) is 86.9 cm³/mol. The number of hydrogen-bond donors (Lipinski definition) is 3. The molecule has 0 radical (unpaired) electrons. The molecule has 5 nitrogen and oxygen atoms in total. The lowest BCUT2D eigenvalue weighted by Crippen LogP contribution is -2.40. The predicted octanol–water partition coefficient (Wildman–Crippen LogP) is 1.72. The highest BCUT2D eigenvalue weighted by Gasteiger charge is 2.13. The van der Waals surface area contributed by atoms with Gasteiger partial charge in [0.1, 0.15) is 0 Å². The third kappa shape index (κ3) is 6.14. The number of halogens is 1. The molecule has 0 aromatic heterocycles. The monoisotopic (exact) mass is 313 g/mol. The van der Waals surface area contributed by atoms with E-state index in [2.05, 4.69) is 17.6 Å². The normalized spacial score (nSPS) is 11.2. The fourth-order valence-electron chi connectivity index (χ4n) is 1.91. The third-order valence-corrected chi connectivity index (χ3v) is 3.14. The van der Waals surface area contributed by atoms with E-state index in [1.807, 2.05) is 0 Å². The lowest BCUT2D eigenvalue weighted by Gasteiger charge is -2.16. The maximum Gasteiger partial charge on any atom is 0.251 e. The molecular weight excluding hydrogens is 290 g/mol. The molecule has 0 aliphatic carbocycles. The first-order chi connectivity index (χ1) is 9.62. The largest absolute Gasteiger partial charge is 0.355 e. The SMILES string of the molecule is CCCCC(CN)NC(=O)c1cccc(C(=O)NC)c1.Cl. The summed E-state index contributed by atoms with van der Waals surface area (Å²) in [4.78, 5) is 23.7. The second kappa shape index (κ2) is 10.2. The molecule has 21 heavy (non-hydrogen) atoms. The highest BCUT2D eigenvalue weighted by atomic mass is 35.5. The van der Waals surface area contributed by atoms with Crippen LogP contribution in [0.25, 0.3) is 0 Å². The molecule has 1 atom stereocenters. The third-order valence-electron chi connectivity index (χ3n) is 3.14. The summed E-state index contributed by atoms with van der Waals surface area (Å²) < 4.78 is 0. The zero-order chi connectivity index (χ0) is 15.0. The van der Waals surface area contributed by atoms with E-state index in [0.717, 1.165) is 19.3 Å². The summed E-state index contributed by atoms with van der Waals surface area (Å²) in [5.74, 6) is -0.400. The Labute approximate surface area is 132 Å². The summed E-state index contributed by atoms with van der Waals surface area (Å²) >= 11 is 0. The van der Waals surface area contributed by atoms with Gasteiger partial charge in [0.25, 0.3) is 11.8 Å². The Morgan fingerprint density at radius 1 is 1.24 bits per heavy atom. The second-order valence-corrected chi connectivity index (χ2v) is 4.71. The topological polar surface area (TPSA) is 84.2 Å². The molecule has 0 saturated carbocycles. The summed E-state index contributed by atoms with van der Waals surface area (Å²) in [5.41, 5.74) is 6.60. The van der Waals surface area contributed by atoms with Crippen molar-refractivity contribution >= 4 is 24.2 Å². The van der Waals surface area contributed by atoms with E-state index in [1.165, 1.54) is 0 Å². The first kappa shape index (κ1) is 19.4. The molecule has 2 amide bonds. The Hall–Kier alpha value is -1.59. The average molecular weight is 314 g/mol. The van der Waals surface area contributed by atoms with Gasteiger partial charge in [0.2, 0.25) is 0 Å². The smallest absolute Gasteiger partial charge is 0.251 e. The molecule has 1 aromatic carbocycles. The Morgan fingerprint density at radius 2 is 1.86 bits per heavy atom. The van der Waals surface area contributed by atoms with Gasteiger partial charge < -0.3 is 16.4 Å². The summed E-state index contributed by atoms with van der Waals surface area (Å²) in [7, 11) is 1.56. The van der Waals surface area contributed by atoms with Crippen LogP contribution in [0.2, 0.25) is 0 Å². The molecule has 6 heteroatoms. The van der Waals surface area contributed by atoms with Crippen LogP contribution in [0.1, 0.15) is 46.9 Å². The molecular formula is C15H24ClN3O2. The first-order valence-corrected chi connectivity index (χ1v) is 6.95. The van der Waals surface area contributed by atoms with Crippen molar-refractivity contribution in [1.29, 1.82) is 0 Å². The minimum Gasteiger partial charge on any atom is -0.355 e. The Kier molecular flexibility index (Phi) is 9.41. The van der Waals surface area contributed by atoms with Gasteiger partial charge in [-0.05, 0) is 24.6 Å². The summed E-state index contributed by atoms with van der Waals surface area (Å²) in [6, 6.07) is 6.62. The van der Waals surface area contributed by atoms with Crippen LogP contribution in [0, 0.1) is 0 Å². The van der Waals surface area contributed by atoms with Crippen LogP contribution in [-0.4, -0.2) is 31.4 Å². The molecule has 0 bridgehead atoms. The molecule has 1 unspecified atom stereocenters. The number of amides is 2. The fourth-order valence-corrected chi connectivity index (χ4v) is 1.91. The number of unbranched alkanes of at least 4 members (excludes halogenated alkanes) is 1. The highest BCUT2D eigenvalue weighted by molar-refractivity contribution is 5.99. The van der Waals surface area contributed by atoms with Gasteiger partial charge in [0.05, 0.1) is 0 Å². The van der Waals surface area contributed by atoms with Crippen LogP contribution >= 0.6 is 12.4 Å². The van der Waals surface area contributed by atoms with Gasteiger partial charge in [0, 0.05) is 30.8 Å².